The van der Waals surface area contributed by atoms with Crippen LogP contribution in [0.5, 0.6) is 0 Å². The molecule has 1 aromatic rings. The Morgan fingerprint density at radius 3 is 3.06 bits per heavy atom. The van der Waals surface area contributed by atoms with Gasteiger partial charge in [-0.15, -0.1) is 0 Å². The van der Waals surface area contributed by atoms with Crippen LogP contribution in [0.2, 0.25) is 5.02 Å². The van der Waals surface area contributed by atoms with E-state index < -0.39 is 0 Å². The molecule has 0 radical (unpaired) electrons. The molecule has 1 saturated carbocycles. The van der Waals surface area contributed by atoms with Crippen LogP contribution >= 0.6 is 11.6 Å². The Morgan fingerprint density at radius 2 is 2.24 bits per heavy atom. The first-order valence-electron chi connectivity index (χ1n) is 6.16. The van der Waals surface area contributed by atoms with Gasteiger partial charge in [-0.1, -0.05) is 31.4 Å². The molecule has 94 valence electrons. The van der Waals surface area contributed by atoms with E-state index in [0.717, 1.165) is 18.8 Å². The van der Waals surface area contributed by atoms with Gasteiger partial charge < -0.3 is 10.3 Å². The van der Waals surface area contributed by atoms with E-state index in [1.807, 2.05) is 0 Å². The first-order valence-corrected chi connectivity index (χ1v) is 6.54. The Kier molecular flexibility index (Phi) is 4.05. The minimum absolute atomic E-state index is 0.157. The number of aromatic amines is 1. The molecule has 0 saturated heterocycles. The van der Waals surface area contributed by atoms with Gasteiger partial charge >= 0.3 is 0 Å². The zero-order chi connectivity index (χ0) is 12.3. The summed E-state index contributed by atoms with van der Waals surface area (Å²) in [5.74, 6) is 1.30. The molecule has 17 heavy (non-hydrogen) atoms. The van der Waals surface area contributed by atoms with E-state index in [9.17, 15) is 4.79 Å². The van der Waals surface area contributed by atoms with Crippen LogP contribution in [0.3, 0.4) is 0 Å². The summed E-state index contributed by atoms with van der Waals surface area (Å²) in [4.78, 5) is 17.9. The molecule has 1 aromatic heterocycles. The molecule has 1 fully saturated rings. The maximum atomic E-state index is 11.3. The molecule has 0 spiro atoms. The number of aromatic nitrogens is 2. The number of hydrogen-bond donors (Lipinski definition) is 2. The van der Waals surface area contributed by atoms with E-state index in [2.05, 4.69) is 22.2 Å². The highest BCUT2D eigenvalue weighted by Gasteiger charge is 2.17. The standard InChI is InChI=1S/C12H18ClN3O/c1-8-3-2-4-9(6-5-8)16-11-10(13)12(17)15-7-14-11/h7-9H,2-6H2,1H3,(H2,14,15,16,17). The van der Waals surface area contributed by atoms with Crippen LogP contribution in [0.4, 0.5) is 5.82 Å². The molecular formula is C12H18ClN3O. The van der Waals surface area contributed by atoms with Crippen molar-refractivity contribution in [3.05, 3.63) is 21.7 Å². The Hall–Kier alpha value is -1.03. The second-order valence-corrected chi connectivity index (χ2v) is 5.23. The van der Waals surface area contributed by atoms with Crippen molar-refractivity contribution in [1.82, 2.24) is 9.97 Å². The smallest absolute Gasteiger partial charge is 0.271 e. The highest BCUT2D eigenvalue weighted by molar-refractivity contribution is 6.32. The number of H-pyrrole nitrogens is 1. The van der Waals surface area contributed by atoms with Gasteiger partial charge in [0.25, 0.3) is 5.56 Å². The zero-order valence-electron chi connectivity index (χ0n) is 10.0. The van der Waals surface area contributed by atoms with E-state index >= 15 is 0 Å². The normalized spacial score (nSPS) is 25.3. The van der Waals surface area contributed by atoms with Gasteiger partial charge in [0.15, 0.2) is 5.82 Å². The molecule has 0 amide bonds. The van der Waals surface area contributed by atoms with Crippen LogP contribution in [0.1, 0.15) is 39.0 Å². The molecule has 0 bridgehead atoms. The fourth-order valence-corrected chi connectivity index (χ4v) is 2.47. The number of nitrogens with zero attached hydrogens (tertiary/aromatic N) is 1. The van der Waals surface area contributed by atoms with Crippen LogP contribution in [0, 0.1) is 5.92 Å². The van der Waals surface area contributed by atoms with Crippen molar-refractivity contribution in [2.45, 2.75) is 45.1 Å². The number of halogens is 1. The maximum absolute atomic E-state index is 11.3. The fourth-order valence-electron chi connectivity index (χ4n) is 2.31. The second-order valence-electron chi connectivity index (χ2n) is 4.85. The third-order valence-electron chi connectivity index (χ3n) is 3.39. The largest absolute Gasteiger partial charge is 0.366 e. The monoisotopic (exact) mass is 255 g/mol. The third kappa shape index (κ3) is 3.22. The molecule has 0 aromatic carbocycles. The molecule has 5 heteroatoms. The van der Waals surface area contributed by atoms with Crippen molar-refractivity contribution in [2.75, 3.05) is 5.32 Å². The number of hydrogen-bond acceptors (Lipinski definition) is 3. The highest BCUT2D eigenvalue weighted by Crippen LogP contribution is 2.25. The van der Waals surface area contributed by atoms with Gasteiger partial charge in [-0.2, -0.15) is 0 Å². The van der Waals surface area contributed by atoms with E-state index in [1.54, 1.807) is 0 Å². The Morgan fingerprint density at radius 1 is 1.41 bits per heavy atom. The lowest BCUT2D eigenvalue weighted by atomic mass is 10.0. The van der Waals surface area contributed by atoms with Crippen molar-refractivity contribution in [1.29, 1.82) is 0 Å². The second kappa shape index (κ2) is 5.54. The van der Waals surface area contributed by atoms with Gasteiger partial charge in [0.05, 0.1) is 6.33 Å². The van der Waals surface area contributed by atoms with Gasteiger partial charge in [-0.25, -0.2) is 4.98 Å². The molecule has 0 aliphatic heterocycles. The summed E-state index contributed by atoms with van der Waals surface area (Å²) in [5, 5.41) is 3.44. The van der Waals surface area contributed by atoms with E-state index in [-0.39, 0.29) is 10.6 Å². The number of anilines is 1. The predicted molar refractivity (Wildman–Crippen MR) is 69.5 cm³/mol. The summed E-state index contributed by atoms with van der Waals surface area (Å²) in [6.45, 7) is 2.29. The number of nitrogens with one attached hydrogen (secondary N) is 2. The van der Waals surface area contributed by atoms with Gasteiger partial charge in [0.1, 0.15) is 5.02 Å². The lowest BCUT2D eigenvalue weighted by Gasteiger charge is -2.17. The lowest BCUT2D eigenvalue weighted by Crippen LogP contribution is -2.21. The lowest BCUT2D eigenvalue weighted by molar-refractivity contribution is 0.502. The zero-order valence-corrected chi connectivity index (χ0v) is 10.8. The molecule has 1 aliphatic rings. The third-order valence-corrected chi connectivity index (χ3v) is 3.75. The van der Waals surface area contributed by atoms with Crippen LogP contribution < -0.4 is 10.9 Å². The van der Waals surface area contributed by atoms with Crippen LogP contribution in [0.25, 0.3) is 0 Å². The van der Waals surface area contributed by atoms with Crippen molar-refractivity contribution in [3.8, 4) is 0 Å². The van der Waals surface area contributed by atoms with Gasteiger partial charge in [0, 0.05) is 6.04 Å². The van der Waals surface area contributed by atoms with Crippen molar-refractivity contribution >= 4 is 17.4 Å². The van der Waals surface area contributed by atoms with E-state index in [4.69, 9.17) is 11.6 Å². The fraction of sp³-hybridized carbons (Fsp3) is 0.667. The van der Waals surface area contributed by atoms with Gasteiger partial charge in [-0.05, 0) is 25.2 Å². The quantitative estimate of drug-likeness (QED) is 0.799. The SMILES string of the molecule is CC1CCCC(Nc2nc[nH]c(=O)c2Cl)CC1. The molecular weight excluding hydrogens is 238 g/mol. The molecule has 1 aliphatic carbocycles. The van der Waals surface area contributed by atoms with Crippen LogP contribution in [-0.2, 0) is 0 Å². The van der Waals surface area contributed by atoms with Crippen molar-refractivity contribution in [3.63, 3.8) is 0 Å². The maximum Gasteiger partial charge on any atom is 0.271 e. The van der Waals surface area contributed by atoms with Gasteiger partial charge in [-0.3, -0.25) is 4.79 Å². The van der Waals surface area contributed by atoms with Crippen molar-refractivity contribution in [2.24, 2.45) is 5.92 Å². The minimum atomic E-state index is -0.286. The van der Waals surface area contributed by atoms with Crippen molar-refractivity contribution < 1.29 is 0 Å². The number of rotatable bonds is 2. The Bertz CT molecular complexity index is 432. The summed E-state index contributed by atoms with van der Waals surface area (Å²) in [6.07, 6.45) is 7.35. The highest BCUT2D eigenvalue weighted by atomic mass is 35.5. The molecule has 2 N–H and O–H groups in total. The first kappa shape index (κ1) is 12.4. The topological polar surface area (TPSA) is 57.8 Å². The predicted octanol–water partition coefficient (Wildman–Crippen LogP) is 2.80. The summed E-state index contributed by atoms with van der Waals surface area (Å²) < 4.78 is 0. The Balaban J connectivity index is 2.05. The summed E-state index contributed by atoms with van der Waals surface area (Å²) in [5.41, 5.74) is -0.286. The van der Waals surface area contributed by atoms with E-state index in [1.165, 1.54) is 25.6 Å². The average Bonchev–Trinajstić information content (AvgIpc) is 2.50. The summed E-state index contributed by atoms with van der Waals surface area (Å²) in [7, 11) is 0. The minimum Gasteiger partial charge on any atom is -0.366 e. The molecule has 1 heterocycles. The van der Waals surface area contributed by atoms with Gasteiger partial charge in [0.2, 0.25) is 0 Å². The summed E-state index contributed by atoms with van der Waals surface area (Å²) in [6, 6.07) is 0.381. The molecule has 2 unspecified atom stereocenters. The molecule has 2 atom stereocenters. The molecule has 4 nitrogen and oxygen atoms in total. The Labute approximate surface area is 106 Å². The first-order chi connectivity index (χ1) is 8.16. The van der Waals surface area contributed by atoms with Crippen LogP contribution in [0.15, 0.2) is 11.1 Å². The molecule has 2 rings (SSSR count). The summed E-state index contributed by atoms with van der Waals surface area (Å²) >= 11 is 5.91. The van der Waals surface area contributed by atoms with Crippen LogP contribution in [-0.4, -0.2) is 16.0 Å². The van der Waals surface area contributed by atoms with E-state index in [0.29, 0.717) is 11.9 Å². The average molecular weight is 256 g/mol.